The van der Waals surface area contributed by atoms with E-state index in [-0.39, 0.29) is 17.8 Å². The Morgan fingerprint density at radius 1 is 1.18 bits per heavy atom. The Morgan fingerprint density at radius 3 is 2.64 bits per heavy atom. The fourth-order valence-electron chi connectivity index (χ4n) is 2.38. The molecule has 0 saturated carbocycles. The summed E-state index contributed by atoms with van der Waals surface area (Å²) in [6, 6.07) is 1.49. The molecule has 0 aliphatic carbocycles. The summed E-state index contributed by atoms with van der Waals surface area (Å²) in [5.74, 6) is -0.594. The maximum absolute atomic E-state index is 14.7. The van der Waals surface area contributed by atoms with Crippen LogP contribution in [0, 0.1) is 19.7 Å². The molecule has 0 aromatic carbocycles. The molecule has 0 radical (unpaired) electrons. The van der Waals surface area contributed by atoms with E-state index < -0.39 is 16.0 Å². The Hall–Kier alpha value is -2.63. The van der Waals surface area contributed by atoms with E-state index in [1.54, 1.807) is 18.6 Å². The number of hydrogen-bond donors (Lipinski definition) is 2. The van der Waals surface area contributed by atoms with Crippen molar-refractivity contribution in [1.29, 1.82) is 0 Å². The number of rotatable bonds is 7. The number of aromatic nitrogens is 3. The van der Waals surface area contributed by atoms with Gasteiger partial charge in [0.05, 0.1) is 6.20 Å². The van der Waals surface area contributed by atoms with Gasteiger partial charge in [0.15, 0.2) is 17.4 Å². The summed E-state index contributed by atoms with van der Waals surface area (Å²) < 4.78 is 47.8. The van der Waals surface area contributed by atoms with Crippen LogP contribution in [0.2, 0.25) is 0 Å². The predicted octanol–water partition coefficient (Wildman–Crippen LogP) is 2.95. The third kappa shape index (κ3) is 4.61. The van der Waals surface area contributed by atoms with Gasteiger partial charge in [-0.1, -0.05) is 11.3 Å². The normalized spacial score (nSPS) is 11.4. The van der Waals surface area contributed by atoms with Crippen LogP contribution in [0.1, 0.15) is 21.6 Å². The lowest BCUT2D eigenvalue weighted by atomic mass is 10.0. The van der Waals surface area contributed by atoms with Gasteiger partial charge in [-0.05, 0) is 36.6 Å². The standard InChI is InChI=1S/C17H18FN5O3S2/c1-10-7-22-17(27-10)26-14-9-20-8-13(11(14)2)6-12-4-5-21-16(15(12)18)23-28(24,25)19-3/h4-5,7-9,19H,6H2,1-3H3,(H,21,23). The predicted molar refractivity (Wildman–Crippen MR) is 105 cm³/mol. The Bertz CT molecular complexity index is 1100. The molecular formula is C17H18FN5O3S2. The first-order valence-electron chi connectivity index (χ1n) is 8.17. The summed E-state index contributed by atoms with van der Waals surface area (Å²) in [5.41, 5.74) is 1.80. The largest absolute Gasteiger partial charge is 0.429 e. The van der Waals surface area contributed by atoms with Crippen LogP contribution in [-0.2, 0) is 16.6 Å². The first-order valence-corrected chi connectivity index (χ1v) is 10.5. The average molecular weight is 423 g/mol. The van der Waals surface area contributed by atoms with Gasteiger partial charge in [-0.3, -0.25) is 9.71 Å². The van der Waals surface area contributed by atoms with Crippen LogP contribution in [-0.4, -0.2) is 30.4 Å². The highest BCUT2D eigenvalue weighted by Crippen LogP contribution is 2.30. The van der Waals surface area contributed by atoms with E-state index in [1.807, 2.05) is 13.8 Å². The first-order chi connectivity index (χ1) is 13.3. The van der Waals surface area contributed by atoms with Crippen LogP contribution in [0.4, 0.5) is 10.2 Å². The minimum absolute atomic E-state index is 0.190. The number of aryl methyl sites for hydroxylation is 1. The number of pyridine rings is 2. The van der Waals surface area contributed by atoms with Gasteiger partial charge < -0.3 is 4.74 Å². The maximum Gasteiger partial charge on any atom is 0.300 e. The summed E-state index contributed by atoms with van der Waals surface area (Å²) >= 11 is 1.41. The molecule has 3 heterocycles. The maximum atomic E-state index is 14.7. The third-order valence-electron chi connectivity index (χ3n) is 3.92. The van der Waals surface area contributed by atoms with Crippen molar-refractivity contribution in [2.75, 3.05) is 11.8 Å². The molecule has 3 rings (SSSR count). The van der Waals surface area contributed by atoms with Crippen LogP contribution < -0.4 is 14.2 Å². The van der Waals surface area contributed by atoms with Crippen LogP contribution in [0.15, 0.2) is 30.9 Å². The fraction of sp³-hybridized carbons (Fsp3) is 0.235. The molecule has 0 fully saturated rings. The molecule has 8 nitrogen and oxygen atoms in total. The number of nitrogens with zero attached hydrogens (tertiary/aromatic N) is 3. The van der Waals surface area contributed by atoms with E-state index in [1.165, 1.54) is 30.6 Å². The highest BCUT2D eigenvalue weighted by atomic mass is 32.2. The van der Waals surface area contributed by atoms with Crippen LogP contribution in [0.3, 0.4) is 0 Å². The molecule has 0 unspecified atom stereocenters. The van der Waals surface area contributed by atoms with Crippen molar-refractivity contribution < 1.29 is 17.5 Å². The summed E-state index contributed by atoms with van der Waals surface area (Å²) in [4.78, 5) is 13.1. The number of thiazole rings is 1. The third-order valence-corrected chi connectivity index (χ3v) is 5.71. The summed E-state index contributed by atoms with van der Waals surface area (Å²) in [7, 11) is -2.66. The Kier molecular flexibility index (Phi) is 5.87. The summed E-state index contributed by atoms with van der Waals surface area (Å²) in [5, 5.41) is 0.499. The van der Waals surface area contributed by atoms with E-state index in [2.05, 4.69) is 24.4 Å². The van der Waals surface area contributed by atoms with Gasteiger partial charge in [-0.2, -0.15) is 8.42 Å². The molecule has 0 bridgehead atoms. The lowest BCUT2D eigenvalue weighted by molar-refractivity contribution is 0.472. The van der Waals surface area contributed by atoms with Gasteiger partial charge in [-0.25, -0.2) is 19.1 Å². The zero-order chi connectivity index (χ0) is 20.3. The molecule has 148 valence electrons. The van der Waals surface area contributed by atoms with E-state index in [0.717, 1.165) is 16.0 Å². The van der Waals surface area contributed by atoms with Gasteiger partial charge in [0.1, 0.15) is 0 Å². The second kappa shape index (κ2) is 8.17. The second-order valence-electron chi connectivity index (χ2n) is 5.88. The lowest BCUT2D eigenvalue weighted by Gasteiger charge is -2.12. The molecule has 11 heteroatoms. The van der Waals surface area contributed by atoms with Crippen molar-refractivity contribution in [2.45, 2.75) is 20.3 Å². The summed E-state index contributed by atoms with van der Waals surface area (Å²) in [6.45, 7) is 3.77. The number of nitrogens with one attached hydrogen (secondary N) is 2. The zero-order valence-corrected chi connectivity index (χ0v) is 17.0. The van der Waals surface area contributed by atoms with Gasteiger partial charge in [-0.15, -0.1) is 0 Å². The average Bonchev–Trinajstić information content (AvgIpc) is 3.06. The minimum atomic E-state index is -3.87. The van der Waals surface area contributed by atoms with E-state index in [4.69, 9.17) is 4.74 Å². The topological polar surface area (TPSA) is 106 Å². The van der Waals surface area contributed by atoms with Gasteiger partial charge >= 0.3 is 0 Å². The highest BCUT2D eigenvalue weighted by Gasteiger charge is 2.17. The molecule has 28 heavy (non-hydrogen) atoms. The van der Waals surface area contributed by atoms with Crippen molar-refractivity contribution in [3.8, 4) is 10.9 Å². The molecular weight excluding hydrogens is 405 g/mol. The Morgan fingerprint density at radius 2 is 1.96 bits per heavy atom. The van der Waals surface area contributed by atoms with E-state index in [9.17, 15) is 12.8 Å². The van der Waals surface area contributed by atoms with Crippen LogP contribution in [0.25, 0.3) is 0 Å². The molecule has 3 aromatic heterocycles. The number of halogens is 1. The molecule has 0 aliphatic heterocycles. The van der Waals surface area contributed by atoms with Gasteiger partial charge in [0.2, 0.25) is 0 Å². The fourth-order valence-corrected chi connectivity index (χ4v) is 3.49. The Labute approximate surface area is 166 Å². The summed E-state index contributed by atoms with van der Waals surface area (Å²) in [6.07, 6.45) is 6.44. The van der Waals surface area contributed by atoms with Crippen molar-refractivity contribution in [3.63, 3.8) is 0 Å². The number of hydrogen-bond acceptors (Lipinski definition) is 7. The van der Waals surface area contributed by atoms with E-state index in [0.29, 0.717) is 10.9 Å². The molecule has 0 atom stereocenters. The SMILES string of the molecule is CNS(=O)(=O)Nc1nccc(Cc2cncc(Oc3ncc(C)s3)c2C)c1F. The molecule has 0 amide bonds. The monoisotopic (exact) mass is 423 g/mol. The first kappa shape index (κ1) is 20.1. The molecule has 2 N–H and O–H groups in total. The van der Waals surface area contributed by atoms with Gasteiger partial charge in [0, 0.05) is 36.9 Å². The van der Waals surface area contributed by atoms with Crippen LogP contribution in [0.5, 0.6) is 10.9 Å². The second-order valence-corrected chi connectivity index (χ2v) is 8.70. The molecule has 3 aromatic rings. The van der Waals surface area contributed by atoms with Crippen molar-refractivity contribution in [1.82, 2.24) is 19.7 Å². The minimum Gasteiger partial charge on any atom is -0.429 e. The quantitative estimate of drug-likeness (QED) is 0.605. The van der Waals surface area contributed by atoms with Crippen LogP contribution >= 0.6 is 11.3 Å². The number of anilines is 1. The molecule has 0 spiro atoms. The van der Waals surface area contributed by atoms with Gasteiger partial charge in [0.25, 0.3) is 15.4 Å². The number of ether oxygens (including phenoxy) is 1. The highest BCUT2D eigenvalue weighted by molar-refractivity contribution is 7.90. The Balaban J connectivity index is 1.87. The lowest BCUT2D eigenvalue weighted by Crippen LogP contribution is -2.27. The molecule has 0 saturated heterocycles. The van der Waals surface area contributed by atoms with Crippen molar-refractivity contribution in [2.24, 2.45) is 0 Å². The molecule has 0 aliphatic rings. The van der Waals surface area contributed by atoms with E-state index >= 15 is 0 Å². The smallest absolute Gasteiger partial charge is 0.300 e. The van der Waals surface area contributed by atoms with Crippen molar-refractivity contribution in [3.05, 3.63) is 58.2 Å². The zero-order valence-electron chi connectivity index (χ0n) is 15.4. The van der Waals surface area contributed by atoms with Crippen molar-refractivity contribution >= 4 is 27.4 Å².